The molecule has 1 unspecified atom stereocenters. The molecule has 3 aromatic rings. The van der Waals surface area contributed by atoms with Crippen LogP contribution >= 0.6 is 21.0 Å². The molecule has 0 aliphatic heterocycles. The predicted molar refractivity (Wildman–Crippen MR) is 89.6 cm³/mol. The molecule has 0 saturated heterocycles. The number of anilines is 1. The number of benzene rings is 1. The largest absolute Gasteiger partial charge is 0.381 e. The first-order valence-corrected chi connectivity index (χ1v) is 8.06. The molecule has 0 radical (unpaired) electrons. The van der Waals surface area contributed by atoms with Crippen LogP contribution in [0.4, 0.5) is 10.2 Å². The molecule has 0 amide bonds. The number of halogens is 1. The van der Waals surface area contributed by atoms with Crippen LogP contribution in [0.25, 0.3) is 22.3 Å². The Morgan fingerprint density at radius 2 is 2.10 bits per heavy atom. The lowest BCUT2D eigenvalue weighted by Gasteiger charge is -2.06. The summed E-state index contributed by atoms with van der Waals surface area (Å²) in [4.78, 5) is 11.6. The number of nitrogens with two attached hydrogens (primary N) is 1. The first-order valence-electron chi connectivity index (χ1n) is 6.26. The fraction of sp³-hybridized carbons (Fsp3) is 0.143. The normalized spacial score (nSPS) is 11.2. The maximum absolute atomic E-state index is 13.8. The van der Waals surface area contributed by atoms with E-state index in [0.717, 1.165) is 27.3 Å². The molecular weight excluding hydrogens is 306 g/mol. The van der Waals surface area contributed by atoms with Crippen molar-refractivity contribution < 1.29 is 4.39 Å². The highest BCUT2D eigenvalue weighted by atomic mass is 32.2. The van der Waals surface area contributed by atoms with Crippen molar-refractivity contribution in [1.29, 1.82) is 0 Å². The number of rotatable bonds is 2. The molecule has 0 aliphatic rings. The van der Waals surface area contributed by atoms with Gasteiger partial charge >= 0.3 is 0 Å². The van der Waals surface area contributed by atoms with Gasteiger partial charge < -0.3 is 10.7 Å². The first-order chi connectivity index (χ1) is 10.0. The molecule has 2 heterocycles. The molecule has 0 aliphatic carbocycles. The summed E-state index contributed by atoms with van der Waals surface area (Å²) in [5.74, 6) is -0.258. The minimum absolute atomic E-state index is 0.127. The molecule has 3 rings (SSSR count). The van der Waals surface area contributed by atoms with Gasteiger partial charge in [0.25, 0.3) is 0 Å². The number of H-pyrrole nitrogens is 1. The summed E-state index contributed by atoms with van der Waals surface area (Å²) in [6, 6.07) is 4.10. The summed E-state index contributed by atoms with van der Waals surface area (Å²) >= 11 is 1.21. The van der Waals surface area contributed by atoms with Gasteiger partial charge in [0.05, 0.1) is 0 Å². The van der Waals surface area contributed by atoms with Crippen LogP contribution in [-0.2, 0) is 0 Å². The minimum atomic E-state index is -0.561. The zero-order valence-electron chi connectivity index (χ0n) is 11.6. The number of hydrogen-bond acceptors (Lipinski definition) is 4. The Hall–Kier alpha value is -1.65. The van der Waals surface area contributed by atoms with Crippen molar-refractivity contribution in [2.75, 3.05) is 12.0 Å². The second-order valence-corrected chi connectivity index (χ2v) is 6.18. The Kier molecular flexibility index (Phi) is 3.59. The molecule has 0 spiro atoms. The van der Waals surface area contributed by atoms with Crippen LogP contribution in [0.5, 0.6) is 0 Å². The highest BCUT2D eigenvalue weighted by Gasteiger charge is 2.16. The van der Waals surface area contributed by atoms with Gasteiger partial charge in [-0.3, -0.25) is 0 Å². The molecule has 21 heavy (non-hydrogen) atoms. The zero-order chi connectivity index (χ0) is 15.1. The highest BCUT2D eigenvalue weighted by molar-refractivity contribution is 7.98. The summed E-state index contributed by atoms with van der Waals surface area (Å²) < 4.78 is 13.8. The number of thioether (sulfide) groups is 1. The van der Waals surface area contributed by atoms with E-state index in [-0.39, 0.29) is 10.8 Å². The van der Waals surface area contributed by atoms with Gasteiger partial charge in [0.15, 0.2) is 17.5 Å². The Bertz CT molecular complexity index is 847. The van der Waals surface area contributed by atoms with Gasteiger partial charge in [-0.2, -0.15) is 4.39 Å². The molecule has 1 atom stereocenters. The predicted octanol–water partition coefficient (Wildman–Crippen LogP) is 2.88. The molecule has 3 N–H and O–H groups in total. The van der Waals surface area contributed by atoms with Crippen LogP contribution in [0.1, 0.15) is 5.56 Å². The maximum atomic E-state index is 13.8. The summed E-state index contributed by atoms with van der Waals surface area (Å²) in [5, 5.41) is 2.32. The Labute approximate surface area is 128 Å². The van der Waals surface area contributed by atoms with Crippen LogP contribution in [0.15, 0.2) is 23.4 Å². The Morgan fingerprint density at radius 1 is 1.33 bits per heavy atom. The van der Waals surface area contributed by atoms with Crippen molar-refractivity contribution in [2.45, 2.75) is 11.9 Å². The molecule has 0 bridgehead atoms. The second kappa shape index (κ2) is 5.28. The van der Waals surface area contributed by atoms with Gasteiger partial charge in [0, 0.05) is 22.7 Å². The molecular formula is C14H14FN4PS. The first kappa shape index (κ1) is 14.3. The van der Waals surface area contributed by atoms with Crippen LogP contribution in [0.3, 0.4) is 0 Å². The summed E-state index contributed by atoms with van der Waals surface area (Å²) in [6.45, 7) is 2.03. The minimum Gasteiger partial charge on any atom is -0.381 e. The molecule has 4 nitrogen and oxygen atoms in total. The molecule has 108 valence electrons. The summed E-state index contributed by atoms with van der Waals surface area (Å²) in [6.07, 6.45) is 3.59. The van der Waals surface area contributed by atoms with Crippen molar-refractivity contribution in [3.05, 3.63) is 29.7 Å². The van der Waals surface area contributed by atoms with Crippen LogP contribution in [0.2, 0.25) is 0 Å². The average Bonchev–Trinajstić information content (AvgIpc) is 2.85. The van der Waals surface area contributed by atoms with Crippen LogP contribution in [-0.4, -0.2) is 21.2 Å². The van der Waals surface area contributed by atoms with E-state index >= 15 is 0 Å². The fourth-order valence-electron chi connectivity index (χ4n) is 2.32. The standard InChI is InChI=1S/C14H14FN4PS/c1-6-3-7(20)4-8-9(5-17-11(6)8)13-18-12(16)10(15)14(19-13)21-2/h3-5,17H,20H2,1-2H3,(H2,16,18,19). The topological polar surface area (TPSA) is 67.6 Å². The van der Waals surface area contributed by atoms with Crippen molar-refractivity contribution in [3.63, 3.8) is 0 Å². The average molecular weight is 320 g/mol. The van der Waals surface area contributed by atoms with Gasteiger partial charge in [-0.25, -0.2) is 9.97 Å². The van der Waals surface area contributed by atoms with E-state index in [1.165, 1.54) is 11.8 Å². The lowest BCUT2D eigenvalue weighted by Crippen LogP contribution is -2.02. The van der Waals surface area contributed by atoms with Crippen LogP contribution in [0, 0.1) is 12.7 Å². The summed E-state index contributed by atoms with van der Waals surface area (Å²) in [5.41, 5.74) is 8.62. The Balaban J connectivity index is 2.28. The number of fused-ring (bicyclic) bond motifs is 1. The van der Waals surface area contributed by atoms with E-state index in [9.17, 15) is 4.39 Å². The molecule has 0 saturated carbocycles. The van der Waals surface area contributed by atoms with Gasteiger partial charge in [0.2, 0.25) is 0 Å². The van der Waals surface area contributed by atoms with Gasteiger partial charge in [-0.05, 0) is 30.1 Å². The smallest absolute Gasteiger partial charge is 0.197 e. The van der Waals surface area contributed by atoms with E-state index in [4.69, 9.17) is 5.73 Å². The highest BCUT2D eigenvalue weighted by Crippen LogP contribution is 2.30. The molecule has 0 fully saturated rings. The van der Waals surface area contributed by atoms with Gasteiger partial charge in [-0.1, -0.05) is 6.07 Å². The monoisotopic (exact) mass is 320 g/mol. The van der Waals surface area contributed by atoms with Crippen molar-refractivity contribution >= 4 is 43.0 Å². The lowest BCUT2D eigenvalue weighted by atomic mass is 10.1. The molecule has 7 heteroatoms. The van der Waals surface area contributed by atoms with Gasteiger partial charge in [0.1, 0.15) is 5.03 Å². The van der Waals surface area contributed by atoms with E-state index in [1.807, 2.05) is 19.2 Å². The molecule has 2 aromatic heterocycles. The number of aryl methyl sites for hydroxylation is 1. The SMILES string of the molecule is CSc1nc(-c2c[nH]c3c(C)cc(P)cc23)nc(N)c1F. The third kappa shape index (κ3) is 2.39. The number of aromatic nitrogens is 3. The van der Waals surface area contributed by atoms with Gasteiger partial charge in [-0.15, -0.1) is 21.0 Å². The number of nitrogens with one attached hydrogen (secondary N) is 1. The van der Waals surface area contributed by atoms with Crippen molar-refractivity contribution in [1.82, 2.24) is 15.0 Å². The van der Waals surface area contributed by atoms with E-state index in [0.29, 0.717) is 5.82 Å². The number of hydrogen-bond donors (Lipinski definition) is 2. The van der Waals surface area contributed by atoms with E-state index < -0.39 is 5.82 Å². The number of aromatic amines is 1. The van der Waals surface area contributed by atoms with Crippen molar-refractivity contribution in [2.24, 2.45) is 0 Å². The fourth-order valence-corrected chi connectivity index (χ4v) is 3.20. The van der Waals surface area contributed by atoms with E-state index in [1.54, 1.807) is 6.26 Å². The number of nitrogen functional groups attached to an aromatic ring is 1. The lowest BCUT2D eigenvalue weighted by molar-refractivity contribution is 0.587. The summed E-state index contributed by atoms with van der Waals surface area (Å²) in [7, 11) is 2.68. The third-order valence-corrected chi connectivity index (χ3v) is 4.28. The van der Waals surface area contributed by atoms with Crippen molar-refractivity contribution in [3.8, 4) is 11.4 Å². The van der Waals surface area contributed by atoms with Crippen LogP contribution < -0.4 is 11.0 Å². The Morgan fingerprint density at radius 3 is 2.81 bits per heavy atom. The van der Waals surface area contributed by atoms with E-state index in [2.05, 4.69) is 30.3 Å². The zero-order valence-corrected chi connectivity index (χ0v) is 13.5. The third-order valence-electron chi connectivity index (χ3n) is 3.29. The maximum Gasteiger partial charge on any atom is 0.197 e. The molecule has 1 aromatic carbocycles. The quantitative estimate of drug-likeness (QED) is 0.433. The second-order valence-electron chi connectivity index (χ2n) is 4.72. The number of nitrogens with zero attached hydrogens (tertiary/aromatic N) is 2.